The first-order valence-corrected chi connectivity index (χ1v) is 12.2. The fourth-order valence-electron chi connectivity index (χ4n) is 4.39. The zero-order valence-electron chi connectivity index (χ0n) is 17.3. The summed E-state index contributed by atoms with van der Waals surface area (Å²) < 4.78 is 33.2. The van der Waals surface area contributed by atoms with Crippen molar-refractivity contribution in [3.05, 3.63) is 18.2 Å². The van der Waals surface area contributed by atoms with Gasteiger partial charge in [-0.25, -0.2) is 8.42 Å². The fourth-order valence-corrected chi connectivity index (χ4v) is 5.89. The van der Waals surface area contributed by atoms with Crippen LogP contribution in [0.1, 0.15) is 45.4 Å². The summed E-state index contributed by atoms with van der Waals surface area (Å²) in [5.74, 6) is 0.233. The predicted molar refractivity (Wildman–Crippen MR) is 112 cm³/mol. The van der Waals surface area contributed by atoms with Crippen molar-refractivity contribution in [1.29, 1.82) is 0 Å². The van der Waals surface area contributed by atoms with Gasteiger partial charge in [-0.15, -0.1) is 0 Å². The van der Waals surface area contributed by atoms with Gasteiger partial charge in [0.05, 0.1) is 10.6 Å². The van der Waals surface area contributed by atoms with Gasteiger partial charge in [0.1, 0.15) is 5.75 Å². The van der Waals surface area contributed by atoms with Gasteiger partial charge in [-0.3, -0.25) is 9.59 Å². The van der Waals surface area contributed by atoms with E-state index in [-0.39, 0.29) is 22.6 Å². The second-order valence-corrected chi connectivity index (χ2v) is 10.3. The number of likely N-dealkylation sites (tertiary alicyclic amines) is 1. The van der Waals surface area contributed by atoms with Crippen molar-refractivity contribution < 1.29 is 22.7 Å². The second-order valence-electron chi connectivity index (χ2n) is 8.33. The molecule has 1 atom stereocenters. The van der Waals surface area contributed by atoms with Gasteiger partial charge in [0, 0.05) is 32.1 Å². The molecule has 0 bridgehead atoms. The van der Waals surface area contributed by atoms with Crippen LogP contribution in [0, 0.1) is 5.92 Å². The molecule has 0 saturated carbocycles. The van der Waals surface area contributed by atoms with Crippen molar-refractivity contribution in [2.45, 2.75) is 56.4 Å². The molecule has 0 aromatic heterocycles. The Balaban J connectivity index is 1.42. The lowest BCUT2D eigenvalue weighted by atomic mass is 9.96. The number of nitrogens with one attached hydrogen (secondary N) is 1. The first kappa shape index (κ1) is 21.1. The number of nitrogens with zero attached hydrogens (tertiary/aromatic N) is 2. The van der Waals surface area contributed by atoms with E-state index in [1.54, 1.807) is 13.0 Å². The van der Waals surface area contributed by atoms with E-state index in [1.807, 2.05) is 4.90 Å². The molecule has 9 heteroatoms. The first-order valence-electron chi connectivity index (χ1n) is 10.8. The Morgan fingerprint density at radius 2 is 1.73 bits per heavy atom. The van der Waals surface area contributed by atoms with Crippen LogP contribution >= 0.6 is 0 Å². The highest BCUT2D eigenvalue weighted by molar-refractivity contribution is 7.89. The molecular formula is C21H29N3O5S. The molecule has 3 heterocycles. The van der Waals surface area contributed by atoms with E-state index in [4.69, 9.17) is 4.74 Å². The number of rotatable bonds is 3. The summed E-state index contributed by atoms with van der Waals surface area (Å²) in [6, 6.07) is 4.53. The number of hydrogen-bond donors (Lipinski definition) is 1. The highest BCUT2D eigenvalue weighted by Gasteiger charge is 2.35. The van der Waals surface area contributed by atoms with E-state index >= 15 is 0 Å². The summed E-state index contributed by atoms with van der Waals surface area (Å²) in [5.41, 5.74) is 0.366. The summed E-state index contributed by atoms with van der Waals surface area (Å²) in [7, 11) is -3.70. The number of fused-ring (bicyclic) bond motifs is 1. The third-order valence-electron chi connectivity index (χ3n) is 6.24. The van der Waals surface area contributed by atoms with E-state index in [9.17, 15) is 18.0 Å². The molecule has 1 unspecified atom stereocenters. The van der Waals surface area contributed by atoms with Gasteiger partial charge in [-0.1, -0.05) is 12.8 Å². The van der Waals surface area contributed by atoms with Gasteiger partial charge >= 0.3 is 0 Å². The van der Waals surface area contributed by atoms with Gasteiger partial charge in [0.15, 0.2) is 6.10 Å². The van der Waals surface area contributed by atoms with E-state index in [1.165, 1.54) is 29.3 Å². The second kappa shape index (κ2) is 8.55. The number of piperidine rings is 1. The van der Waals surface area contributed by atoms with Crippen LogP contribution < -0.4 is 10.1 Å². The number of carbonyl (C=O) groups is 2. The Morgan fingerprint density at radius 1 is 1.07 bits per heavy atom. The average molecular weight is 436 g/mol. The Labute approximate surface area is 177 Å². The lowest BCUT2D eigenvalue weighted by Crippen LogP contribution is -2.44. The van der Waals surface area contributed by atoms with Gasteiger partial charge < -0.3 is 15.0 Å². The number of benzene rings is 1. The normalized spacial score (nSPS) is 23.8. The summed E-state index contributed by atoms with van der Waals surface area (Å²) in [6.07, 6.45) is 4.92. The van der Waals surface area contributed by atoms with Crippen LogP contribution in [-0.2, 0) is 19.6 Å². The molecule has 1 aromatic carbocycles. The number of anilines is 1. The molecule has 2 amide bonds. The zero-order valence-corrected chi connectivity index (χ0v) is 18.1. The van der Waals surface area contributed by atoms with E-state index < -0.39 is 16.1 Å². The third-order valence-corrected chi connectivity index (χ3v) is 8.14. The molecule has 1 aromatic rings. The number of amides is 2. The average Bonchev–Trinajstić information content (AvgIpc) is 3.03. The van der Waals surface area contributed by atoms with Crippen molar-refractivity contribution in [2.24, 2.45) is 5.92 Å². The molecule has 0 spiro atoms. The van der Waals surface area contributed by atoms with Gasteiger partial charge in [-0.2, -0.15) is 4.31 Å². The molecule has 1 N–H and O–H groups in total. The number of carbonyl (C=O) groups excluding carboxylic acids is 2. The Morgan fingerprint density at radius 3 is 2.40 bits per heavy atom. The van der Waals surface area contributed by atoms with Crippen molar-refractivity contribution in [1.82, 2.24) is 9.21 Å². The van der Waals surface area contributed by atoms with Crippen LogP contribution in [0.3, 0.4) is 0 Å². The molecule has 0 aliphatic carbocycles. The Hall–Kier alpha value is -2.13. The summed E-state index contributed by atoms with van der Waals surface area (Å²) in [4.78, 5) is 26.8. The highest BCUT2D eigenvalue weighted by Crippen LogP contribution is 2.34. The minimum atomic E-state index is -3.70. The molecule has 8 nitrogen and oxygen atoms in total. The quantitative estimate of drug-likeness (QED) is 0.785. The van der Waals surface area contributed by atoms with Crippen LogP contribution in [-0.4, -0.2) is 61.7 Å². The topological polar surface area (TPSA) is 96.0 Å². The lowest BCUT2D eigenvalue weighted by Gasteiger charge is -2.33. The molecule has 4 rings (SSSR count). The van der Waals surface area contributed by atoms with Crippen molar-refractivity contribution in [3.63, 3.8) is 0 Å². The molecule has 30 heavy (non-hydrogen) atoms. The molecule has 3 aliphatic heterocycles. The van der Waals surface area contributed by atoms with Crippen LogP contribution in [0.25, 0.3) is 0 Å². The summed E-state index contributed by atoms with van der Waals surface area (Å²) in [6.45, 7) is 3.92. The fraction of sp³-hybridized carbons (Fsp3) is 0.619. The van der Waals surface area contributed by atoms with Gasteiger partial charge in [0.25, 0.3) is 5.91 Å². The smallest absolute Gasteiger partial charge is 0.265 e. The summed E-state index contributed by atoms with van der Waals surface area (Å²) in [5, 5.41) is 2.69. The number of ether oxygens (including phenoxy) is 1. The molecule has 2 saturated heterocycles. The van der Waals surface area contributed by atoms with Crippen molar-refractivity contribution in [2.75, 3.05) is 31.5 Å². The third kappa shape index (κ3) is 4.18. The maximum Gasteiger partial charge on any atom is 0.265 e. The largest absolute Gasteiger partial charge is 0.479 e. The van der Waals surface area contributed by atoms with Crippen LogP contribution in [0.4, 0.5) is 5.69 Å². The molecule has 0 radical (unpaired) electrons. The SMILES string of the molecule is CC1Oc2ccc(S(=O)(=O)N3CCC(C(=O)N4CCCCCC4)CC3)cc2NC1=O. The minimum Gasteiger partial charge on any atom is -0.479 e. The minimum absolute atomic E-state index is 0.104. The van der Waals surface area contributed by atoms with Crippen molar-refractivity contribution in [3.8, 4) is 5.75 Å². The van der Waals surface area contributed by atoms with E-state index in [0.717, 1.165) is 25.9 Å². The van der Waals surface area contributed by atoms with Crippen LogP contribution in [0.5, 0.6) is 5.75 Å². The molecule has 164 valence electrons. The number of sulfonamides is 1. The van der Waals surface area contributed by atoms with E-state index in [0.29, 0.717) is 37.4 Å². The van der Waals surface area contributed by atoms with Crippen LogP contribution in [0.15, 0.2) is 23.1 Å². The standard InChI is InChI=1S/C21H29N3O5S/c1-15-20(25)22-18-14-17(6-7-19(18)29-15)30(27,28)24-12-8-16(9-13-24)21(26)23-10-4-2-3-5-11-23/h6-7,14-16H,2-5,8-13H2,1H3,(H,22,25). The summed E-state index contributed by atoms with van der Waals surface area (Å²) >= 11 is 0. The Kier molecular flexibility index (Phi) is 6.02. The maximum atomic E-state index is 13.1. The number of hydrogen-bond acceptors (Lipinski definition) is 5. The predicted octanol–water partition coefficient (Wildman–Crippen LogP) is 2.21. The maximum absolute atomic E-state index is 13.1. The zero-order chi connectivity index (χ0) is 21.3. The Bertz CT molecular complexity index is 917. The van der Waals surface area contributed by atoms with Gasteiger partial charge in [-0.05, 0) is 50.8 Å². The van der Waals surface area contributed by atoms with Gasteiger partial charge in [0.2, 0.25) is 15.9 Å². The van der Waals surface area contributed by atoms with Crippen molar-refractivity contribution >= 4 is 27.5 Å². The molecular weight excluding hydrogens is 406 g/mol. The first-order chi connectivity index (χ1) is 14.4. The lowest BCUT2D eigenvalue weighted by molar-refractivity contribution is -0.136. The molecule has 2 fully saturated rings. The van der Waals surface area contributed by atoms with E-state index in [2.05, 4.69) is 5.32 Å². The monoisotopic (exact) mass is 435 g/mol. The molecule has 3 aliphatic rings. The highest BCUT2D eigenvalue weighted by atomic mass is 32.2. The van der Waals surface area contributed by atoms with Crippen LogP contribution in [0.2, 0.25) is 0 Å².